The van der Waals surface area contributed by atoms with Gasteiger partial charge in [-0.1, -0.05) is 30.3 Å². The molecule has 2 aromatic heterocycles. The molecule has 6 nitrogen and oxygen atoms in total. The number of amides is 2. The number of aromatic nitrogens is 2. The zero-order chi connectivity index (χ0) is 28.0. The van der Waals surface area contributed by atoms with Gasteiger partial charge < -0.3 is 10.6 Å². The Labute approximate surface area is 227 Å². The first kappa shape index (κ1) is 25.4. The van der Waals surface area contributed by atoms with Crippen molar-refractivity contribution in [3.63, 3.8) is 0 Å². The zero-order valence-electron chi connectivity index (χ0n) is 21.3. The second-order valence-corrected chi connectivity index (χ2v) is 9.78. The highest BCUT2D eigenvalue weighted by Gasteiger charge is 2.45. The number of halogens is 3. The van der Waals surface area contributed by atoms with Crippen LogP contribution in [0.4, 0.5) is 13.2 Å². The molecule has 3 aromatic carbocycles. The predicted octanol–water partition coefficient (Wildman–Crippen LogP) is 5.86. The molecular formula is C31H23F3N4O2. The third-order valence-corrected chi connectivity index (χ3v) is 7.21. The lowest BCUT2D eigenvalue weighted by Crippen LogP contribution is -2.34. The first-order chi connectivity index (χ1) is 19.3. The highest BCUT2D eigenvalue weighted by atomic mass is 19.1. The van der Waals surface area contributed by atoms with E-state index in [0.717, 1.165) is 30.5 Å². The van der Waals surface area contributed by atoms with E-state index in [-0.39, 0.29) is 33.5 Å². The Bertz CT molecular complexity index is 1780. The zero-order valence-corrected chi connectivity index (χ0v) is 21.3. The van der Waals surface area contributed by atoms with E-state index < -0.39 is 34.8 Å². The molecule has 2 heterocycles. The average molecular weight is 541 g/mol. The second-order valence-electron chi connectivity index (χ2n) is 9.78. The number of hydrogen-bond donors (Lipinski definition) is 2. The fourth-order valence-electron chi connectivity index (χ4n) is 5.01. The summed E-state index contributed by atoms with van der Waals surface area (Å²) in [5.41, 5.74) is 1.01. The Balaban J connectivity index is 1.42. The Morgan fingerprint density at radius 1 is 0.850 bits per heavy atom. The molecule has 2 amide bonds. The van der Waals surface area contributed by atoms with Crippen LogP contribution in [0, 0.1) is 17.5 Å². The molecule has 1 aliphatic carbocycles. The van der Waals surface area contributed by atoms with Gasteiger partial charge in [0.1, 0.15) is 22.8 Å². The van der Waals surface area contributed by atoms with Gasteiger partial charge in [-0.15, -0.1) is 0 Å². The van der Waals surface area contributed by atoms with Crippen molar-refractivity contribution in [2.45, 2.75) is 18.4 Å². The van der Waals surface area contributed by atoms with E-state index in [9.17, 15) is 18.4 Å². The lowest BCUT2D eigenvalue weighted by molar-refractivity contribution is 0.0928. The van der Waals surface area contributed by atoms with Gasteiger partial charge in [-0.05, 0) is 72.5 Å². The van der Waals surface area contributed by atoms with Crippen LogP contribution >= 0.6 is 0 Å². The van der Waals surface area contributed by atoms with Crippen molar-refractivity contribution in [3.05, 3.63) is 119 Å². The number of fused-ring (bicyclic) bond motifs is 1. The maximum Gasteiger partial charge on any atom is 0.255 e. The summed E-state index contributed by atoms with van der Waals surface area (Å²) in [5, 5.41) is 9.88. The number of hydrogen-bond acceptors (Lipinski definition) is 3. The number of nitrogens with zero attached hydrogens (tertiary/aromatic N) is 2. The number of benzene rings is 3. The summed E-state index contributed by atoms with van der Waals surface area (Å²) < 4.78 is 45.7. The average Bonchev–Trinajstić information content (AvgIpc) is 3.64. The van der Waals surface area contributed by atoms with E-state index in [0.29, 0.717) is 5.56 Å². The molecule has 200 valence electrons. The standard InChI is InChI=1S/C31H23F3N4O2/c1-35-30(40)25-27(18-7-9-22(32)10-8-18)37-38-14-11-24(26(34)28(25)38)19-15-20(17-23(33)16-19)29(39)36-31(12-13-31)21-5-3-2-4-6-21/h2-11,14-17H,12-13H2,1H3,(H,35,40)(H,36,39). The first-order valence-electron chi connectivity index (χ1n) is 12.7. The minimum absolute atomic E-state index is 0.0130. The van der Waals surface area contributed by atoms with Crippen molar-refractivity contribution in [3.8, 4) is 22.4 Å². The normalized spacial score (nSPS) is 13.7. The largest absolute Gasteiger partial charge is 0.355 e. The highest BCUT2D eigenvalue weighted by molar-refractivity contribution is 6.07. The van der Waals surface area contributed by atoms with Crippen LogP contribution in [-0.4, -0.2) is 28.5 Å². The SMILES string of the molecule is CNC(=O)c1c(-c2ccc(F)cc2)nn2ccc(-c3cc(F)cc(C(=O)NC4(c5ccccc5)CC4)c3)c(F)c12. The summed E-state index contributed by atoms with van der Waals surface area (Å²) in [5.74, 6) is -3.07. The van der Waals surface area contributed by atoms with Crippen molar-refractivity contribution in [2.24, 2.45) is 0 Å². The molecular weight excluding hydrogens is 517 g/mol. The molecule has 5 aromatic rings. The number of nitrogens with one attached hydrogen (secondary N) is 2. The summed E-state index contributed by atoms with van der Waals surface area (Å²) in [6, 6.07) is 20.0. The van der Waals surface area contributed by atoms with E-state index in [1.165, 1.54) is 54.2 Å². The fraction of sp³-hybridized carbons (Fsp3) is 0.129. The van der Waals surface area contributed by atoms with E-state index in [2.05, 4.69) is 15.7 Å². The van der Waals surface area contributed by atoms with Gasteiger partial charge in [0.2, 0.25) is 0 Å². The Hall–Kier alpha value is -4.92. The van der Waals surface area contributed by atoms with Crippen LogP contribution in [0.15, 0.2) is 85.1 Å². The van der Waals surface area contributed by atoms with Gasteiger partial charge >= 0.3 is 0 Å². The summed E-state index contributed by atoms with van der Waals surface area (Å²) in [7, 11) is 1.40. The van der Waals surface area contributed by atoms with Crippen LogP contribution in [0.1, 0.15) is 39.1 Å². The van der Waals surface area contributed by atoms with Gasteiger partial charge in [0.25, 0.3) is 11.8 Å². The number of pyridine rings is 1. The van der Waals surface area contributed by atoms with Crippen LogP contribution < -0.4 is 10.6 Å². The molecule has 0 saturated heterocycles. The first-order valence-corrected chi connectivity index (χ1v) is 12.7. The summed E-state index contributed by atoms with van der Waals surface area (Å²) in [6.45, 7) is 0. The molecule has 0 aliphatic heterocycles. The van der Waals surface area contributed by atoms with Gasteiger partial charge in [0, 0.05) is 29.9 Å². The Morgan fingerprint density at radius 3 is 2.25 bits per heavy atom. The van der Waals surface area contributed by atoms with E-state index in [4.69, 9.17) is 0 Å². The van der Waals surface area contributed by atoms with Gasteiger partial charge in [-0.2, -0.15) is 5.10 Å². The molecule has 40 heavy (non-hydrogen) atoms. The third-order valence-electron chi connectivity index (χ3n) is 7.21. The van der Waals surface area contributed by atoms with Crippen LogP contribution in [0.5, 0.6) is 0 Å². The molecule has 0 unspecified atom stereocenters. The summed E-state index contributed by atoms with van der Waals surface area (Å²) >= 11 is 0. The summed E-state index contributed by atoms with van der Waals surface area (Å²) in [6.07, 6.45) is 2.97. The van der Waals surface area contributed by atoms with Gasteiger partial charge in [-0.25, -0.2) is 17.7 Å². The molecule has 1 aliphatic rings. The lowest BCUT2D eigenvalue weighted by Gasteiger charge is -2.18. The van der Waals surface area contributed by atoms with Crippen LogP contribution in [0.3, 0.4) is 0 Å². The van der Waals surface area contributed by atoms with Crippen LogP contribution in [0.25, 0.3) is 27.9 Å². The van der Waals surface area contributed by atoms with E-state index in [1.807, 2.05) is 30.3 Å². The van der Waals surface area contributed by atoms with Crippen LogP contribution in [0.2, 0.25) is 0 Å². The number of carbonyl (C=O) groups is 2. The van der Waals surface area contributed by atoms with Crippen molar-refractivity contribution in [1.29, 1.82) is 0 Å². The molecule has 9 heteroatoms. The van der Waals surface area contributed by atoms with Crippen molar-refractivity contribution >= 4 is 17.3 Å². The molecule has 0 spiro atoms. The van der Waals surface area contributed by atoms with Crippen molar-refractivity contribution in [2.75, 3.05) is 7.05 Å². The van der Waals surface area contributed by atoms with Crippen LogP contribution in [-0.2, 0) is 5.54 Å². The van der Waals surface area contributed by atoms with E-state index >= 15 is 4.39 Å². The molecule has 2 N–H and O–H groups in total. The molecule has 1 saturated carbocycles. The number of carbonyl (C=O) groups excluding carboxylic acids is 2. The lowest BCUT2D eigenvalue weighted by atomic mass is 9.99. The minimum Gasteiger partial charge on any atom is -0.355 e. The van der Waals surface area contributed by atoms with E-state index in [1.54, 1.807) is 0 Å². The van der Waals surface area contributed by atoms with Gasteiger partial charge in [-0.3, -0.25) is 9.59 Å². The molecule has 1 fully saturated rings. The van der Waals surface area contributed by atoms with Crippen molar-refractivity contribution < 1.29 is 22.8 Å². The summed E-state index contributed by atoms with van der Waals surface area (Å²) in [4.78, 5) is 26.1. The predicted molar refractivity (Wildman–Crippen MR) is 144 cm³/mol. The smallest absolute Gasteiger partial charge is 0.255 e. The Morgan fingerprint density at radius 2 is 1.57 bits per heavy atom. The molecule has 0 bridgehead atoms. The highest BCUT2D eigenvalue weighted by Crippen LogP contribution is 2.45. The Kier molecular flexibility index (Phi) is 6.14. The molecule has 0 radical (unpaired) electrons. The van der Waals surface area contributed by atoms with Gasteiger partial charge in [0.15, 0.2) is 5.82 Å². The maximum atomic E-state index is 16.1. The van der Waals surface area contributed by atoms with Gasteiger partial charge in [0.05, 0.1) is 11.1 Å². The third kappa shape index (κ3) is 4.39. The molecule has 0 atom stereocenters. The maximum absolute atomic E-state index is 16.1. The topological polar surface area (TPSA) is 75.5 Å². The molecule has 6 rings (SSSR count). The fourth-order valence-corrected chi connectivity index (χ4v) is 5.01. The number of rotatable bonds is 6. The second kappa shape index (κ2) is 9.68. The monoisotopic (exact) mass is 540 g/mol. The quantitative estimate of drug-likeness (QED) is 0.283. The minimum atomic E-state index is -0.818. The van der Waals surface area contributed by atoms with Crippen molar-refractivity contribution in [1.82, 2.24) is 20.2 Å².